The number of pyridine rings is 2. The lowest BCUT2D eigenvalue weighted by Gasteiger charge is -2.08. The van der Waals surface area contributed by atoms with Gasteiger partial charge in [0.15, 0.2) is 23.1 Å². The summed E-state index contributed by atoms with van der Waals surface area (Å²) >= 11 is 24.2. The van der Waals surface area contributed by atoms with Crippen molar-refractivity contribution in [2.24, 2.45) is 0 Å². The normalized spacial score (nSPS) is 10.9. The molecular weight excluding hydrogens is 822 g/mol. The molecule has 19 heteroatoms. The molecule has 4 aromatic heterocycles. The number of aromatic nitrogens is 6. The molecule has 0 atom stereocenters. The first-order chi connectivity index (χ1) is 26.7. The predicted molar refractivity (Wildman–Crippen MR) is 205 cm³/mol. The molecule has 292 valence electrons. The van der Waals surface area contributed by atoms with Crippen molar-refractivity contribution in [3.05, 3.63) is 151 Å². The van der Waals surface area contributed by atoms with Gasteiger partial charge in [-0.1, -0.05) is 58.5 Å². The van der Waals surface area contributed by atoms with E-state index in [4.69, 9.17) is 46.4 Å². The molecule has 0 unspecified atom stereocenters. The maximum Gasteiger partial charge on any atom is 0.356 e. The van der Waals surface area contributed by atoms with Crippen molar-refractivity contribution in [2.45, 2.75) is 32.9 Å². The summed E-state index contributed by atoms with van der Waals surface area (Å²) in [4.78, 5) is 31.0. The Labute approximate surface area is 337 Å². The topological polar surface area (TPSA) is 140 Å². The minimum absolute atomic E-state index is 0.0176. The van der Waals surface area contributed by atoms with Gasteiger partial charge in [-0.3, -0.25) is 14.8 Å². The third-order valence-electron chi connectivity index (χ3n) is 7.97. The van der Waals surface area contributed by atoms with Crippen LogP contribution in [0.1, 0.15) is 50.2 Å². The molecule has 0 saturated heterocycles. The second-order valence-electron chi connectivity index (χ2n) is 12.0. The monoisotopic (exact) mass is 850 g/mol. The summed E-state index contributed by atoms with van der Waals surface area (Å²) < 4.78 is 57.2. The van der Waals surface area contributed by atoms with E-state index in [1.807, 2.05) is 0 Å². The summed E-state index contributed by atoms with van der Waals surface area (Å²) in [6.07, 6.45) is 5.60. The maximum atomic E-state index is 14.0. The van der Waals surface area contributed by atoms with E-state index in [9.17, 15) is 32.3 Å². The molecule has 0 radical (unpaired) electrons. The number of carbonyl (C=O) groups is 2. The van der Waals surface area contributed by atoms with Crippen molar-refractivity contribution < 1.29 is 32.3 Å². The van der Waals surface area contributed by atoms with Crippen LogP contribution in [-0.2, 0) is 25.9 Å². The number of nitrogens with one attached hydrogen (secondary N) is 2. The summed E-state index contributed by atoms with van der Waals surface area (Å²) in [6.45, 7) is 2.12. The standard InChI is InChI=1S/C19H16Cl2F2N4O.C18H14Cl2F2N4O2/c1-11(28)18-14(5-6-25-16-4-2-3-15(20)17(16)23)19(21)27(26-18)10-12-7-13(22)9-24-8-12;19-13-2-1-3-14(15(13)22)24-5-4-12-16(18(27)28)25-26(17(12)20)9-10-6-11(21)8-23-7-10/h2-4,7-9,25H,5-6,10H2,1H3;1-3,6-8,24H,4-5,9H2,(H,27,28). The van der Waals surface area contributed by atoms with Crippen molar-refractivity contribution in [2.75, 3.05) is 23.7 Å². The van der Waals surface area contributed by atoms with Gasteiger partial charge in [0.2, 0.25) is 0 Å². The van der Waals surface area contributed by atoms with E-state index < -0.39 is 29.2 Å². The molecule has 0 aliphatic heterocycles. The highest BCUT2D eigenvalue weighted by Gasteiger charge is 2.22. The van der Waals surface area contributed by atoms with Crippen molar-refractivity contribution >= 4 is 69.5 Å². The minimum Gasteiger partial charge on any atom is -0.476 e. The van der Waals surface area contributed by atoms with E-state index in [2.05, 4.69) is 30.8 Å². The van der Waals surface area contributed by atoms with Crippen molar-refractivity contribution in [3.63, 3.8) is 0 Å². The third kappa shape index (κ3) is 10.5. The van der Waals surface area contributed by atoms with Crippen molar-refractivity contribution in [1.29, 1.82) is 0 Å². The number of hydrogen-bond acceptors (Lipinski definition) is 8. The lowest BCUT2D eigenvalue weighted by molar-refractivity contribution is 0.0688. The predicted octanol–water partition coefficient (Wildman–Crippen LogP) is 9.03. The van der Waals surface area contributed by atoms with Gasteiger partial charge < -0.3 is 15.7 Å². The number of carboxylic acids is 1. The fourth-order valence-corrected chi connectivity index (χ4v) is 6.33. The van der Waals surface area contributed by atoms with Gasteiger partial charge in [0.1, 0.15) is 27.6 Å². The fraction of sp³-hybridized carbons (Fsp3) is 0.189. The van der Waals surface area contributed by atoms with E-state index in [1.54, 1.807) is 18.2 Å². The summed E-state index contributed by atoms with van der Waals surface area (Å²) in [5.74, 6) is -3.63. The molecule has 0 saturated carbocycles. The summed E-state index contributed by atoms with van der Waals surface area (Å²) in [6, 6.07) is 11.8. The second kappa shape index (κ2) is 19.1. The zero-order valence-corrected chi connectivity index (χ0v) is 32.2. The number of rotatable bonds is 14. The largest absolute Gasteiger partial charge is 0.476 e. The minimum atomic E-state index is -1.25. The maximum absolute atomic E-state index is 14.0. The van der Waals surface area contributed by atoms with E-state index >= 15 is 0 Å². The Morgan fingerprint density at radius 3 is 1.52 bits per heavy atom. The van der Waals surface area contributed by atoms with Crippen LogP contribution in [0.2, 0.25) is 20.4 Å². The molecule has 0 amide bonds. The Balaban J connectivity index is 0.000000214. The quantitative estimate of drug-likeness (QED) is 0.0724. The van der Waals surface area contributed by atoms with Crippen LogP contribution in [0.15, 0.2) is 73.3 Å². The first-order valence-corrected chi connectivity index (χ1v) is 18.0. The molecule has 4 heterocycles. The molecule has 3 N–H and O–H groups in total. The molecule has 6 aromatic rings. The van der Waals surface area contributed by atoms with Gasteiger partial charge in [0, 0.05) is 43.5 Å². The molecule has 0 fully saturated rings. The molecule has 0 aliphatic carbocycles. The number of hydrogen-bond donors (Lipinski definition) is 3. The van der Waals surface area contributed by atoms with Gasteiger partial charge in [-0.25, -0.2) is 31.7 Å². The molecule has 0 spiro atoms. The number of carbonyl (C=O) groups excluding carboxylic acids is 1. The molecule has 0 bridgehead atoms. The van der Waals surface area contributed by atoms with Gasteiger partial charge in [-0.15, -0.1) is 0 Å². The van der Waals surface area contributed by atoms with Gasteiger partial charge in [-0.05, 0) is 60.4 Å². The van der Waals surface area contributed by atoms with Gasteiger partial charge in [0.05, 0.1) is 46.9 Å². The van der Waals surface area contributed by atoms with Crippen LogP contribution >= 0.6 is 46.4 Å². The van der Waals surface area contributed by atoms with Crippen LogP contribution in [0.5, 0.6) is 0 Å². The zero-order chi connectivity index (χ0) is 40.5. The van der Waals surface area contributed by atoms with E-state index in [1.165, 1.54) is 59.0 Å². The highest BCUT2D eigenvalue weighted by Crippen LogP contribution is 2.27. The van der Waals surface area contributed by atoms with E-state index in [-0.39, 0.29) is 80.5 Å². The lowest BCUT2D eigenvalue weighted by Crippen LogP contribution is -2.09. The highest BCUT2D eigenvalue weighted by molar-refractivity contribution is 6.32. The van der Waals surface area contributed by atoms with Crippen LogP contribution in [0, 0.1) is 23.3 Å². The molecule has 2 aromatic carbocycles. The Kier molecular flexibility index (Phi) is 14.3. The number of ketones is 1. The summed E-state index contributed by atoms with van der Waals surface area (Å²) in [7, 11) is 0. The molecular formula is C37H30Cl4F4N8O3. The molecule has 0 aliphatic rings. The van der Waals surface area contributed by atoms with Gasteiger partial charge in [0.25, 0.3) is 0 Å². The Morgan fingerprint density at radius 2 is 1.11 bits per heavy atom. The Bertz CT molecular complexity index is 2210. The second-order valence-corrected chi connectivity index (χ2v) is 13.5. The SMILES string of the molecule is CC(=O)c1nn(Cc2cncc(F)c2)c(Cl)c1CCNc1cccc(Cl)c1F.O=C(O)c1nn(Cc2cncc(F)c2)c(Cl)c1CCNc1cccc(Cl)c1F. The smallest absolute Gasteiger partial charge is 0.356 e. The Hall–Kier alpha value is -5.22. The number of nitrogens with zero attached hydrogens (tertiary/aromatic N) is 6. The third-order valence-corrected chi connectivity index (χ3v) is 9.40. The van der Waals surface area contributed by atoms with Crippen molar-refractivity contribution in [1.82, 2.24) is 29.5 Å². The van der Waals surface area contributed by atoms with Crippen LogP contribution in [0.25, 0.3) is 0 Å². The number of benzene rings is 2. The zero-order valence-electron chi connectivity index (χ0n) is 29.1. The van der Waals surface area contributed by atoms with Crippen LogP contribution < -0.4 is 10.6 Å². The number of anilines is 2. The van der Waals surface area contributed by atoms with E-state index in [0.29, 0.717) is 29.7 Å². The Morgan fingerprint density at radius 1 is 0.679 bits per heavy atom. The highest BCUT2D eigenvalue weighted by atomic mass is 35.5. The van der Waals surface area contributed by atoms with E-state index in [0.717, 1.165) is 12.4 Å². The number of carboxylic acid groups (broad SMARTS) is 1. The lowest BCUT2D eigenvalue weighted by atomic mass is 10.1. The molecule has 6 rings (SSSR count). The summed E-state index contributed by atoms with van der Waals surface area (Å²) in [5, 5.41) is 23.8. The van der Waals surface area contributed by atoms with Crippen LogP contribution in [-0.4, -0.2) is 59.5 Å². The fourth-order valence-electron chi connectivity index (χ4n) is 5.42. The average Bonchev–Trinajstić information content (AvgIpc) is 3.63. The van der Waals surface area contributed by atoms with Gasteiger partial charge >= 0.3 is 5.97 Å². The average molecular weight is 853 g/mol. The summed E-state index contributed by atoms with van der Waals surface area (Å²) in [5.41, 5.74) is 2.31. The first-order valence-electron chi connectivity index (χ1n) is 16.5. The number of halogens is 8. The first kappa shape index (κ1) is 41.9. The van der Waals surface area contributed by atoms with Crippen LogP contribution in [0.3, 0.4) is 0 Å². The molecule has 11 nitrogen and oxygen atoms in total. The van der Waals surface area contributed by atoms with Crippen molar-refractivity contribution in [3.8, 4) is 0 Å². The molecule has 56 heavy (non-hydrogen) atoms. The van der Waals surface area contributed by atoms with Crippen LogP contribution in [0.4, 0.5) is 28.9 Å². The number of Topliss-reactive ketones (excluding diaryl/α,β-unsaturated/α-hetero) is 1. The van der Waals surface area contributed by atoms with Gasteiger partial charge in [-0.2, -0.15) is 10.2 Å². The number of aromatic carboxylic acids is 1.